The van der Waals surface area contributed by atoms with Gasteiger partial charge in [0, 0.05) is 22.7 Å². The number of H-pyrrole nitrogens is 1. The maximum atomic E-state index is 12.7. The van der Waals surface area contributed by atoms with E-state index in [4.69, 9.17) is 4.74 Å². The van der Waals surface area contributed by atoms with E-state index in [1.165, 1.54) is 38.5 Å². The van der Waals surface area contributed by atoms with Crippen LogP contribution in [0.2, 0.25) is 0 Å². The van der Waals surface area contributed by atoms with Gasteiger partial charge in [0.2, 0.25) is 0 Å². The zero-order valence-electron chi connectivity index (χ0n) is 14.7. The standard InChI is InChI=1S/C20H29NO2/c1-4-5-6-7-8-9-10-11-17-15(2)21-19-14-16(23-3)12-13-18(19)20(17)22/h12-14H,4-11H2,1-3H3,(H,21,22). The molecule has 0 saturated heterocycles. The third kappa shape index (κ3) is 4.60. The molecule has 0 aliphatic carbocycles. The van der Waals surface area contributed by atoms with Crippen molar-refractivity contribution < 1.29 is 4.74 Å². The monoisotopic (exact) mass is 315 g/mol. The van der Waals surface area contributed by atoms with Gasteiger partial charge < -0.3 is 9.72 Å². The Kier molecular flexibility index (Phi) is 6.69. The van der Waals surface area contributed by atoms with Crippen molar-refractivity contribution in [2.45, 2.75) is 65.2 Å². The quantitative estimate of drug-likeness (QED) is 0.651. The number of unbranched alkanes of at least 4 members (excludes halogenated alkanes) is 6. The molecule has 0 unspecified atom stereocenters. The first-order valence-corrected chi connectivity index (χ1v) is 8.87. The number of hydrogen-bond acceptors (Lipinski definition) is 2. The molecule has 0 radical (unpaired) electrons. The lowest BCUT2D eigenvalue weighted by Crippen LogP contribution is -2.13. The Labute approximate surface area is 139 Å². The molecule has 0 fully saturated rings. The molecule has 1 heterocycles. The lowest BCUT2D eigenvalue weighted by molar-refractivity contribution is 0.415. The second-order valence-corrected chi connectivity index (χ2v) is 6.34. The normalized spacial score (nSPS) is 11.1. The Morgan fingerprint density at radius 1 is 1.04 bits per heavy atom. The molecule has 23 heavy (non-hydrogen) atoms. The summed E-state index contributed by atoms with van der Waals surface area (Å²) in [7, 11) is 1.64. The molecule has 1 aromatic carbocycles. The summed E-state index contributed by atoms with van der Waals surface area (Å²) in [6.07, 6.45) is 9.75. The van der Waals surface area contributed by atoms with Gasteiger partial charge in [-0.2, -0.15) is 0 Å². The first-order valence-electron chi connectivity index (χ1n) is 8.87. The predicted octanol–water partition coefficient (Wildman–Crippen LogP) is 5.14. The highest BCUT2D eigenvalue weighted by Crippen LogP contribution is 2.19. The molecule has 3 heteroatoms. The Morgan fingerprint density at radius 2 is 1.74 bits per heavy atom. The number of aromatic amines is 1. The van der Waals surface area contributed by atoms with E-state index in [-0.39, 0.29) is 5.43 Å². The van der Waals surface area contributed by atoms with Gasteiger partial charge in [0.15, 0.2) is 5.43 Å². The Balaban J connectivity index is 2.02. The number of ether oxygens (including phenoxy) is 1. The number of pyridine rings is 1. The van der Waals surface area contributed by atoms with Crippen LogP contribution in [0.5, 0.6) is 5.75 Å². The van der Waals surface area contributed by atoms with Crippen LogP contribution in [0.25, 0.3) is 10.9 Å². The van der Waals surface area contributed by atoms with Crippen molar-refractivity contribution in [2.75, 3.05) is 7.11 Å². The van der Waals surface area contributed by atoms with E-state index in [9.17, 15) is 4.79 Å². The predicted molar refractivity (Wildman–Crippen MR) is 97.6 cm³/mol. The fourth-order valence-electron chi connectivity index (χ4n) is 3.12. The Hall–Kier alpha value is -1.77. The number of hydrogen-bond donors (Lipinski definition) is 1. The lowest BCUT2D eigenvalue weighted by atomic mass is 10.0. The van der Waals surface area contributed by atoms with Gasteiger partial charge in [0.05, 0.1) is 12.6 Å². The van der Waals surface area contributed by atoms with Crippen LogP contribution >= 0.6 is 0 Å². The maximum Gasteiger partial charge on any atom is 0.192 e. The second kappa shape index (κ2) is 8.76. The van der Waals surface area contributed by atoms with Crippen LogP contribution in [0.1, 0.15) is 63.1 Å². The summed E-state index contributed by atoms with van der Waals surface area (Å²) in [5, 5.41) is 0.759. The number of aromatic nitrogens is 1. The molecule has 2 aromatic rings. The van der Waals surface area contributed by atoms with E-state index in [0.29, 0.717) is 0 Å². The second-order valence-electron chi connectivity index (χ2n) is 6.34. The van der Waals surface area contributed by atoms with E-state index >= 15 is 0 Å². The van der Waals surface area contributed by atoms with E-state index in [2.05, 4.69) is 11.9 Å². The average molecular weight is 315 g/mol. The summed E-state index contributed by atoms with van der Waals surface area (Å²) in [6, 6.07) is 5.60. The molecule has 1 N–H and O–H groups in total. The summed E-state index contributed by atoms with van der Waals surface area (Å²) in [4.78, 5) is 16.1. The molecule has 0 atom stereocenters. The van der Waals surface area contributed by atoms with Crippen LogP contribution in [0.3, 0.4) is 0 Å². The molecular weight excluding hydrogens is 286 g/mol. The van der Waals surface area contributed by atoms with E-state index in [1.807, 2.05) is 25.1 Å². The first-order chi connectivity index (χ1) is 11.2. The number of methoxy groups -OCH3 is 1. The third-order valence-electron chi connectivity index (χ3n) is 4.55. The van der Waals surface area contributed by atoms with Crippen LogP contribution < -0.4 is 10.2 Å². The van der Waals surface area contributed by atoms with Crippen molar-refractivity contribution in [3.8, 4) is 5.75 Å². The molecule has 1 aromatic heterocycles. The van der Waals surface area contributed by atoms with Crippen molar-refractivity contribution in [3.63, 3.8) is 0 Å². The molecular formula is C20H29NO2. The van der Waals surface area contributed by atoms with Crippen LogP contribution in [0, 0.1) is 6.92 Å². The summed E-state index contributed by atoms with van der Waals surface area (Å²) >= 11 is 0. The zero-order chi connectivity index (χ0) is 16.7. The smallest absolute Gasteiger partial charge is 0.192 e. The minimum Gasteiger partial charge on any atom is -0.497 e. The molecule has 0 amide bonds. The van der Waals surface area contributed by atoms with Crippen molar-refractivity contribution in [1.82, 2.24) is 4.98 Å². The van der Waals surface area contributed by atoms with E-state index in [0.717, 1.165) is 40.8 Å². The molecule has 0 saturated carbocycles. The number of benzene rings is 1. The highest BCUT2D eigenvalue weighted by molar-refractivity contribution is 5.80. The van der Waals surface area contributed by atoms with E-state index in [1.54, 1.807) is 7.11 Å². The Bertz CT molecular complexity index is 688. The van der Waals surface area contributed by atoms with Gasteiger partial charge in [-0.3, -0.25) is 4.79 Å². The van der Waals surface area contributed by atoms with Gasteiger partial charge in [0.25, 0.3) is 0 Å². The fourth-order valence-corrected chi connectivity index (χ4v) is 3.12. The topological polar surface area (TPSA) is 42.1 Å². The number of aryl methyl sites for hydroxylation is 1. The van der Waals surface area contributed by atoms with Gasteiger partial charge in [-0.05, 0) is 31.9 Å². The SMILES string of the molecule is CCCCCCCCCc1c(C)[nH]c2cc(OC)ccc2c1=O. The third-order valence-corrected chi connectivity index (χ3v) is 4.55. The molecule has 0 bridgehead atoms. The van der Waals surface area contributed by atoms with Gasteiger partial charge in [-0.25, -0.2) is 0 Å². The summed E-state index contributed by atoms with van der Waals surface area (Å²) in [5.74, 6) is 0.771. The van der Waals surface area contributed by atoms with Crippen molar-refractivity contribution >= 4 is 10.9 Å². The minimum absolute atomic E-state index is 0.171. The summed E-state index contributed by atoms with van der Waals surface area (Å²) in [5.41, 5.74) is 2.96. The van der Waals surface area contributed by atoms with Crippen LogP contribution in [0.15, 0.2) is 23.0 Å². The zero-order valence-corrected chi connectivity index (χ0v) is 14.7. The summed E-state index contributed by atoms with van der Waals surface area (Å²) < 4.78 is 5.23. The molecule has 0 aliphatic rings. The van der Waals surface area contributed by atoms with Crippen LogP contribution in [-0.4, -0.2) is 12.1 Å². The van der Waals surface area contributed by atoms with Gasteiger partial charge in [0.1, 0.15) is 5.75 Å². The van der Waals surface area contributed by atoms with Crippen LogP contribution in [-0.2, 0) is 6.42 Å². The van der Waals surface area contributed by atoms with Gasteiger partial charge in [-0.1, -0.05) is 45.4 Å². The maximum absolute atomic E-state index is 12.7. The molecule has 0 aliphatic heterocycles. The molecule has 2 rings (SSSR count). The number of rotatable bonds is 9. The van der Waals surface area contributed by atoms with E-state index < -0.39 is 0 Å². The largest absolute Gasteiger partial charge is 0.497 e. The first kappa shape index (κ1) is 17.6. The van der Waals surface area contributed by atoms with Crippen molar-refractivity contribution in [2.24, 2.45) is 0 Å². The number of fused-ring (bicyclic) bond motifs is 1. The highest BCUT2D eigenvalue weighted by atomic mass is 16.5. The molecule has 126 valence electrons. The van der Waals surface area contributed by atoms with Crippen LogP contribution in [0.4, 0.5) is 0 Å². The van der Waals surface area contributed by atoms with Crippen molar-refractivity contribution in [3.05, 3.63) is 39.7 Å². The highest BCUT2D eigenvalue weighted by Gasteiger charge is 2.09. The fraction of sp³-hybridized carbons (Fsp3) is 0.550. The van der Waals surface area contributed by atoms with Gasteiger partial charge >= 0.3 is 0 Å². The van der Waals surface area contributed by atoms with Gasteiger partial charge in [-0.15, -0.1) is 0 Å². The average Bonchev–Trinajstić information content (AvgIpc) is 2.56. The minimum atomic E-state index is 0.171. The number of nitrogens with one attached hydrogen (secondary N) is 1. The summed E-state index contributed by atoms with van der Waals surface area (Å²) in [6.45, 7) is 4.24. The Morgan fingerprint density at radius 3 is 2.43 bits per heavy atom. The lowest BCUT2D eigenvalue weighted by Gasteiger charge is -2.09. The molecule has 3 nitrogen and oxygen atoms in total. The van der Waals surface area contributed by atoms with Crippen molar-refractivity contribution in [1.29, 1.82) is 0 Å². The molecule has 0 spiro atoms.